The molecule has 5 nitrogen and oxygen atoms in total. The summed E-state index contributed by atoms with van der Waals surface area (Å²) in [5, 5.41) is 2.87. The molecule has 23 heavy (non-hydrogen) atoms. The summed E-state index contributed by atoms with van der Waals surface area (Å²) >= 11 is 0. The van der Waals surface area contributed by atoms with Gasteiger partial charge in [-0.3, -0.25) is 4.79 Å². The van der Waals surface area contributed by atoms with E-state index in [1.807, 2.05) is 24.0 Å². The first-order chi connectivity index (χ1) is 11.0. The number of hydrogen-bond donors (Lipinski definition) is 1. The van der Waals surface area contributed by atoms with Crippen LogP contribution >= 0.6 is 0 Å². The first-order valence-corrected chi connectivity index (χ1v) is 7.63. The van der Waals surface area contributed by atoms with E-state index in [4.69, 9.17) is 0 Å². The van der Waals surface area contributed by atoms with Crippen molar-refractivity contribution in [3.05, 3.63) is 53.7 Å². The van der Waals surface area contributed by atoms with Gasteiger partial charge in [0.25, 0.3) is 0 Å². The number of anilines is 1. The van der Waals surface area contributed by atoms with Crippen LogP contribution in [0.4, 0.5) is 10.2 Å². The Hall–Kier alpha value is -2.50. The third-order valence-corrected chi connectivity index (χ3v) is 4.14. The minimum atomic E-state index is -0.692. The first kappa shape index (κ1) is 15.4. The van der Waals surface area contributed by atoms with Gasteiger partial charge < -0.3 is 10.2 Å². The molecule has 2 heterocycles. The van der Waals surface area contributed by atoms with Crippen LogP contribution in [0, 0.1) is 6.08 Å². The highest BCUT2D eigenvalue weighted by Gasteiger charge is 2.29. The van der Waals surface area contributed by atoms with Gasteiger partial charge >= 0.3 is 6.08 Å². The van der Waals surface area contributed by atoms with E-state index in [1.54, 1.807) is 6.07 Å². The number of nitrogens with one attached hydrogen (secondary N) is 1. The van der Waals surface area contributed by atoms with Gasteiger partial charge in [-0.05, 0) is 24.1 Å². The normalized spacial score (nSPS) is 15.9. The minimum Gasteiger partial charge on any atom is -0.355 e. The smallest absolute Gasteiger partial charge is 0.310 e. The van der Waals surface area contributed by atoms with Crippen molar-refractivity contribution in [1.29, 1.82) is 0 Å². The van der Waals surface area contributed by atoms with Crippen molar-refractivity contribution in [3.63, 3.8) is 0 Å². The van der Waals surface area contributed by atoms with E-state index in [9.17, 15) is 9.18 Å². The average Bonchev–Trinajstić information content (AvgIpc) is 2.46. The number of amides is 1. The summed E-state index contributed by atoms with van der Waals surface area (Å²) in [6, 6.07) is 10.00. The molecule has 0 saturated carbocycles. The third-order valence-electron chi connectivity index (χ3n) is 4.14. The topological polar surface area (TPSA) is 58.1 Å². The van der Waals surface area contributed by atoms with E-state index in [1.165, 1.54) is 18.7 Å². The number of nitrogens with zero attached hydrogens (tertiary/aromatic N) is 3. The second kappa shape index (κ2) is 6.32. The monoisotopic (exact) mass is 314 g/mol. The lowest BCUT2D eigenvalue weighted by Crippen LogP contribution is -2.45. The molecule has 1 unspecified atom stereocenters. The molecule has 1 atom stereocenters. The van der Waals surface area contributed by atoms with Crippen LogP contribution in [0.3, 0.4) is 0 Å². The highest BCUT2D eigenvalue weighted by atomic mass is 19.1. The van der Waals surface area contributed by atoms with E-state index < -0.39 is 6.08 Å². The number of benzene rings is 1. The number of carbonyl (C=O) groups is 1. The summed E-state index contributed by atoms with van der Waals surface area (Å²) in [7, 11) is 0. The van der Waals surface area contributed by atoms with Crippen LogP contribution in [0.2, 0.25) is 0 Å². The standard InChI is InChI=1S/C17H19FN4O/c1-11(20-12(2)23)13-3-5-14(6-4-13)15-9-22(10-15)16-7-8-19-17(18)21-16/h3-8,11,15H,9-10H2,1-2H3,(H,20,23). The van der Waals surface area contributed by atoms with Gasteiger partial charge in [-0.15, -0.1) is 0 Å². The summed E-state index contributed by atoms with van der Waals surface area (Å²) in [4.78, 5) is 20.4. The molecule has 6 heteroatoms. The van der Waals surface area contributed by atoms with E-state index in [0.717, 1.165) is 18.7 Å². The maximum Gasteiger partial charge on any atom is 0.310 e. The van der Waals surface area contributed by atoms with Crippen molar-refractivity contribution in [2.45, 2.75) is 25.8 Å². The summed E-state index contributed by atoms with van der Waals surface area (Å²) in [6.07, 6.45) is 0.741. The summed E-state index contributed by atoms with van der Waals surface area (Å²) in [5.74, 6) is 1.01. The Morgan fingerprint density at radius 3 is 2.61 bits per heavy atom. The Morgan fingerprint density at radius 2 is 2.00 bits per heavy atom. The SMILES string of the molecule is CC(=O)NC(C)c1ccc(C2CN(c3ccnc(F)n3)C2)cc1. The maximum atomic E-state index is 13.0. The zero-order valence-electron chi connectivity index (χ0n) is 13.2. The van der Waals surface area contributed by atoms with Crippen molar-refractivity contribution in [3.8, 4) is 0 Å². The Kier molecular flexibility index (Phi) is 4.23. The van der Waals surface area contributed by atoms with Gasteiger partial charge in [0.2, 0.25) is 5.91 Å². The van der Waals surface area contributed by atoms with E-state index in [2.05, 4.69) is 27.4 Å². The quantitative estimate of drug-likeness (QED) is 0.881. The Morgan fingerprint density at radius 1 is 1.30 bits per heavy atom. The molecule has 0 bridgehead atoms. The Labute approximate surface area is 134 Å². The van der Waals surface area contributed by atoms with Gasteiger partial charge in [-0.1, -0.05) is 24.3 Å². The molecule has 0 aliphatic carbocycles. The molecule has 1 aliphatic heterocycles. The number of hydrogen-bond acceptors (Lipinski definition) is 4. The molecule has 120 valence electrons. The first-order valence-electron chi connectivity index (χ1n) is 7.63. The van der Waals surface area contributed by atoms with E-state index in [0.29, 0.717) is 11.7 Å². The van der Waals surface area contributed by atoms with Gasteiger partial charge in [0, 0.05) is 32.1 Å². The van der Waals surface area contributed by atoms with Gasteiger partial charge in [0.1, 0.15) is 5.82 Å². The van der Waals surface area contributed by atoms with Crippen molar-refractivity contribution < 1.29 is 9.18 Å². The molecule has 0 spiro atoms. The molecule has 1 aromatic heterocycles. The second-order valence-corrected chi connectivity index (χ2v) is 5.87. The molecular formula is C17H19FN4O. The number of halogens is 1. The molecule has 1 N–H and O–H groups in total. The summed E-state index contributed by atoms with van der Waals surface area (Å²) in [6.45, 7) is 5.11. The predicted molar refractivity (Wildman–Crippen MR) is 85.6 cm³/mol. The second-order valence-electron chi connectivity index (χ2n) is 5.87. The number of aromatic nitrogens is 2. The Bertz CT molecular complexity index is 698. The summed E-state index contributed by atoms with van der Waals surface area (Å²) in [5.41, 5.74) is 2.33. The highest BCUT2D eigenvalue weighted by molar-refractivity contribution is 5.73. The third kappa shape index (κ3) is 3.47. The van der Waals surface area contributed by atoms with Crippen LogP contribution in [-0.4, -0.2) is 29.0 Å². The molecule has 1 fully saturated rings. The molecule has 2 aromatic rings. The van der Waals surface area contributed by atoms with Crippen molar-refractivity contribution >= 4 is 11.7 Å². The largest absolute Gasteiger partial charge is 0.355 e. The lowest BCUT2D eigenvalue weighted by molar-refractivity contribution is -0.119. The van der Waals surface area contributed by atoms with Crippen molar-refractivity contribution in [2.24, 2.45) is 0 Å². The van der Waals surface area contributed by atoms with Crippen LogP contribution in [0.15, 0.2) is 36.5 Å². The number of carbonyl (C=O) groups excluding carboxylic acids is 1. The van der Waals surface area contributed by atoms with Crippen molar-refractivity contribution in [1.82, 2.24) is 15.3 Å². The molecule has 1 aliphatic rings. The average molecular weight is 314 g/mol. The zero-order valence-corrected chi connectivity index (χ0v) is 13.2. The lowest BCUT2D eigenvalue weighted by Gasteiger charge is -2.40. The van der Waals surface area contributed by atoms with Gasteiger partial charge in [-0.25, -0.2) is 4.98 Å². The zero-order chi connectivity index (χ0) is 16.4. The van der Waals surface area contributed by atoms with Crippen LogP contribution in [0.25, 0.3) is 0 Å². The van der Waals surface area contributed by atoms with Crippen LogP contribution < -0.4 is 10.2 Å². The van der Waals surface area contributed by atoms with Crippen LogP contribution in [0.5, 0.6) is 0 Å². The highest BCUT2D eigenvalue weighted by Crippen LogP contribution is 2.30. The fraction of sp³-hybridized carbons (Fsp3) is 0.353. The van der Waals surface area contributed by atoms with Crippen LogP contribution in [0.1, 0.15) is 36.9 Å². The number of rotatable bonds is 4. The van der Waals surface area contributed by atoms with E-state index in [-0.39, 0.29) is 11.9 Å². The summed E-state index contributed by atoms with van der Waals surface area (Å²) < 4.78 is 13.0. The van der Waals surface area contributed by atoms with Crippen LogP contribution in [-0.2, 0) is 4.79 Å². The minimum absolute atomic E-state index is 0.00318. The molecule has 3 rings (SSSR count). The maximum absolute atomic E-state index is 13.0. The van der Waals surface area contributed by atoms with E-state index >= 15 is 0 Å². The molecule has 1 aromatic carbocycles. The Balaban J connectivity index is 1.61. The fourth-order valence-electron chi connectivity index (χ4n) is 2.82. The molecular weight excluding hydrogens is 295 g/mol. The molecule has 1 saturated heterocycles. The van der Waals surface area contributed by atoms with Gasteiger partial charge in [0.15, 0.2) is 0 Å². The molecule has 0 radical (unpaired) electrons. The van der Waals surface area contributed by atoms with Gasteiger partial charge in [0.05, 0.1) is 6.04 Å². The fourth-order valence-corrected chi connectivity index (χ4v) is 2.82. The van der Waals surface area contributed by atoms with Gasteiger partial charge in [-0.2, -0.15) is 9.37 Å². The van der Waals surface area contributed by atoms with Crippen molar-refractivity contribution in [2.75, 3.05) is 18.0 Å². The lowest BCUT2D eigenvalue weighted by atomic mass is 9.90. The predicted octanol–water partition coefficient (Wildman–Crippen LogP) is 2.42. The molecule has 1 amide bonds.